The van der Waals surface area contributed by atoms with Gasteiger partial charge in [0.2, 0.25) is 0 Å². The molecule has 96 valence electrons. The molecule has 0 aliphatic carbocycles. The van der Waals surface area contributed by atoms with Gasteiger partial charge in [0.25, 0.3) is 0 Å². The van der Waals surface area contributed by atoms with Crippen LogP contribution in [0.1, 0.15) is 25.7 Å². The molecule has 3 N–H and O–H groups in total. The number of hydrogen-bond acceptors (Lipinski definition) is 5. The maximum Gasteiger partial charge on any atom is 0.327 e. The Morgan fingerprint density at radius 1 is 1.41 bits per heavy atom. The van der Waals surface area contributed by atoms with Gasteiger partial charge in [0.15, 0.2) is 0 Å². The van der Waals surface area contributed by atoms with Gasteiger partial charge in [-0.25, -0.2) is 0 Å². The van der Waals surface area contributed by atoms with E-state index in [2.05, 4.69) is 5.10 Å². The molecule has 0 amide bonds. The minimum Gasteiger partial charge on any atom is -0.464 e. The minimum absolute atomic E-state index is 0.0911. The molecular formula is C11H19N3O3. The molecule has 0 aromatic carbocycles. The Bertz CT molecular complexity index is 338. The van der Waals surface area contributed by atoms with Crippen molar-refractivity contribution < 1.29 is 14.6 Å². The monoisotopic (exact) mass is 241 g/mol. The van der Waals surface area contributed by atoms with Crippen molar-refractivity contribution in [2.75, 3.05) is 18.9 Å². The number of aliphatic hydroxyl groups excluding tert-OH is 1. The molecule has 1 aromatic rings. The number of hydrogen-bond donors (Lipinski definition) is 2. The number of aliphatic hydroxyl groups is 1. The van der Waals surface area contributed by atoms with Crippen molar-refractivity contribution in [1.82, 2.24) is 9.78 Å². The minimum atomic E-state index is -0.310. The van der Waals surface area contributed by atoms with Crippen molar-refractivity contribution >= 4 is 11.7 Å². The third kappa shape index (κ3) is 5.91. The Morgan fingerprint density at radius 3 is 2.82 bits per heavy atom. The van der Waals surface area contributed by atoms with E-state index in [0.717, 1.165) is 25.7 Å². The number of esters is 1. The Morgan fingerprint density at radius 2 is 2.18 bits per heavy atom. The fraction of sp³-hybridized carbons (Fsp3) is 0.636. The molecule has 0 fully saturated rings. The van der Waals surface area contributed by atoms with E-state index in [1.807, 2.05) is 0 Å². The van der Waals surface area contributed by atoms with Crippen molar-refractivity contribution in [2.24, 2.45) is 0 Å². The van der Waals surface area contributed by atoms with Crippen molar-refractivity contribution in [3.8, 4) is 0 Å². The van der Waals surface area contributed by atoms with Gasteiger partial charge in [-0.05, 0) is 19.3 Å². The number of nitrogens with zero attached hydrogens (tertiary/aromatic N) is 2. The molecule has 17 heavy (non-hydrogen) atoms. The standard InChI is InChI=1S/C11H19N3O3/c12-10-7-13-14(8-10)9-11(16)17-6-4-2-1-3-5-15/h7-8,15H,1-6,9,12H2. The molecule has 0 unspecified atom stereocenters. The van der Waals surface area contributed by atoms with Crippen molar-refractivity contribution in [2.45, 2.75) is 32.2 Å². The summed E-state index contributed by atoms with van der Waals surface area (Å²) in [5.74, 6) is -0.310. The highest BCUT2D eigenvalue weighted by Crippen LogP contribution is 2.01. The first-order valence-corrected chi connectivity index (χ1v) is 5.77. The first-order chi connectivity index (χ1) is 8.22. The number of nitrogen functional groups attached to an aromatic ring is 1. The number of carbonyl (C=O) groups excluding carboxylic acids is 1. The van der Waals surface area contributed by atoms with Crippen LogP contribution in [0.2, 0.25) is 0 Å². The quantitative estimate of drug-likeness (QED) is 0.512. The molecule has 0 bridgehead atoms. The second-order valence-corrected chi connectivity index (χ2v) is 3.83. The third-order valence-corrected chi connectivity index (χ3v) is 2.26. The van der Waals surface area contributed by atoms with E-state index in [1.54, 1.807) is 6.20 Å². The number of unbranched alkanes of at least 4 members (excludes halogenated alkanes) is 3. The first kappa shape index (κ1) is 13.5. The van der Waals surface area contributed by atoms with Crippen LogP contribution in [0.4, 0.5) is 5.69 Å². The van der Waals surface area contributed by atoms with Crippen LogP contribution >= 0.6 is 0 Å². The van der Waals surface area contributed by atoms with Crippen LogP contribution in [0.15, 0.2) is 12.4 Å². The van der Waals surface area contributed by atoms with Gasteiger partial charge in [-0.3, -0.25) is 9.48 Å². The third-order valence-electron chi connectivity index (χ3n) is 2.26. The van der Waals surface area contributed by atoms with Crippen LogP contribution in [0, 0.1) is 0 Å². The van der Waals surface area contributed by atoms with Gasteiger partial charge < -0.3 is 15.6 Å². The average Bonchev–Trinajstić information content (AvgIpc) is 2.69. The highest BCUT2D eigenvalue weighted by atomic mass is 16.5. The summed E-state index contributed by atoms with van der Waals surface area (Å²) in [5, 5.41) is 12.5. The molecule has 0 saturated heterocycles. The molecular weight excluding hydrogens is 222 g/mol. The molecule has 6 nitrogen and oxygen atoms in total. The lowest BCUT2D eigenvalue weighted by molar-refractivity contribution is -0.144. The average molecular weight is 241 g/mol. The number of rotatable bonds is 8. The highest BCUT2D eigenvalue weighted by molar-refractivity contribution is 5.69. The zero-order chi connectivity index (χ0) is 12.5. The smallest absolute Gasteiger partial charge is 0.327 e. The van der Waals surface area contributed by atoms with Gasteiger partial charge in [0.1, 0.15) is 6.54 Å². The van der Waals surface area contributed by atoms with Gasteiger partial charge in [-0.2, -0.15) is 5.10 Å². The lowest BCUT2D eigenvalue weighted by atomic mass is 10.2. The van der Waals surface area contributed by atoms with E-state index >= 15 is 0 Å². The molecule has 6 heteroatoms. The van der Waals surface area contributed by atoms with Crippen molar-refractivity contribution in [3.05, 3.63) is 12.4 Å². The molecule has 1 heterocycles. The molecule has 0 aliphatic rings. The number of ether oxygens (including phenoxy) is 1. The van der Waals surface area contributed by atoms with E-state index in [-0.39, 0.29) is 19.1 Å². The predicted molar refractivity (Wildman–Crippen MR) is 63.2 cm³/mol. The van der Waals surface area contributed by atoms with Gasteiger partial charge in [-0.1, -0.05) is 6.42 Å². The highest BCUT2D eigenvalue weighted by Gasteiger charge is 2.04. The summed E-state index contributed by atoms with van der Waals surface area (Å²) in [6, 6.07) is 0. The summed E-state index contributed by atoms with van der Waals surface area (Å²) in [7, 11) is 0. The Labute approximate surface area is 100 Å². The van der Waals surface area contributed by atoms with Crippen molar-refractivity contribution in [1.29, 1.82) is 0 Å². The lowest BCUT2D eigenvalue weighted by Gasteiger charge is -2.04. The van der Waals surface area contributed by atoms with E-state index in [0.29, 0.717) is 12.3 Å². The van der Waals surface area contributed by atoms with Crippen LogP contribution in [0.25, 0.3) is 0 Å². The van der Waals surface area contributed by atoms with E-state index < -0.39 is 0 Å². The molecule has 1 rings (SSSR count). The molecule has 0 atom stereocenters. The summed E-state index contributed by atoms with van der Waals surface area (Å²) < 4.78 is 6.48. The molecule has 0 spiro atoms. The number of aromatic nitrogens is 2. The Balaban J connectivity index is 2.05. The SMILES string of the molecule is Nc1cnn(CC(=O)OCCCCCCO)c1. The molecule has 1 aromatic heterocycles. The summed E-state index contributed by atoms with van der Waals surface area (Å²) in [6.45, 7) is 0.732. The van der Waals surface area contributed by atoms with Crippen LogP contribution < -0.4 is 5.73 Å². The number of carbonyl (C=O) groups is 1. The van der Waals surface area contributed by atoms with Gasteiger partial charge in [0, 0.05) is 12.8 Å². The second kappa shape index (κ2) is 7.67. The molecule has 0 saturated carbocycles. The van der Waals surface area contributed by atoms with Gasteiger partial charge in [0.05, 0.1) is 18.5 Å². The normalized spacial score (nSPS) is 10.4. The second-order valence-electron chi connectivity index (χ2n) is 3.83. The lowest BCUT2D eigenvalue weighted by Crippen LogP contribution is -2.14. The predicted octanol–water partition coefficient (Wildman–Crippen LogP) is 0.561. The maximum absolute atomic E-state index is 11.3. The first-order valence-electron chi connectivity index (χ1n) is 5.77. The van der Waals surface area contributed by atoms with Gasteiger partial charge in [-0.15, -0.1) is 0 Å². The van der Waals surface area contributed by atoms with Crippen LogP contribution in [-0.4, -0.2) is 34.1 Å². The van der Waals surface area contributed by atoms with E-state index in [1.165, 1.54) is 10.9 Å². The summed E-state index contributed by atoms with van der Waals surface area (Å²) >= 11 is 0. The maximum atomic E-state index is 11.3. The van der Waals surface area contributed by atoms with Crippen molar-refractivity contribution in [3.63, 3.8) is 0 Å². The van der Waals surface area contributed by atoms with Crippen LogP contribution in [0.5, 0.6) is 0 Å². The topological polar surface area (TPSA) is 90.4 Å². The van der Waals surface area contributed by atoms with E-state index in [4.69, 9.17) is 15.6 Å². The Kier molecular flexibility index (Phi) is 6.09. The molecule has 0 aliphatic heterocycles. The molecule has 0 radical (unpaired) electrons. The zero-order valence-corrected chi connectivity index (χ0v) is 9.84. The summed E-state index contributed by atoms with van der Waals surface area (Å²) in [5.41, 5.74) is 6.00. The zero-order valence-electron chi connectivity index (χ0n) is 9.84. The Hall–Kier alpha value is -1.56. The fourth-order valence-corrected chi connectivity index (χ4v) is 1.40. The fourth-order valence-electron chi connectivity index (χ4n) is 1.40. The number of anilines is 1. The summed E-state index contributed by atoms with van der Waals surface area (Å²) in [4.78, 5) is 11.3. The van der Waals surface area contributed by atoms with Crippen LogP contribution in [0.3, 0.4) is 0 Å². The van der Waals surface area contributed by atoms with E-state index in [9.17, 15) is 4.79 Å². The number of nitrogens with two attached hydrogens (primary N) is 1. The summed E-state index contributed by atoms with van der Waals surface area (Å²) in [6.07, 6.45) is 6.63. The largest absolute Gasteiger partial charge is 0.464 e. The van der Waals surface area contributed by atoms with Gasteiger partial charge >= 0.3 is 5.97 Å². The van der Waals surface area contributed by atoms with Crippen LogP contribution in [-0.2, 0) is 16.1 Å².